The molecule has 1 aromatic rings. The fourth-order valence-electron chi connectivity index (χ4n) is 3.42. The topological polar surface area (TPSA) is 102 Å². The lowest BCUT2D eigenvalue weighted by Gasteiger charge is -2.31. The molecule has 10 heteroatoms. The summed E-state index contributed by atoms with van der Waals surface area (Å²) in [5, 5.41) is 12.5. The van der Waals surface area contributed by atoms with E-state index >= 15 is 0 Å². The molecule has 1 heterocycles. The molecular weight excluding hydrogens is 443 g/mol. The van der Waals surface area contributed by atoms with E-state index < -0.39 is 58.9 Å². The molecule has 0 fully saturated rings. The molecule has 33 heavy (non-hydrogen) atoms. The molecule has 0 spiro atoms. The van der Waals surface area contributed by atoms with Crippen molar-refractivity contribution in [2.24, 2.45) is 5.41 Å². The highest BCUT2D eigenvalue weighted by molar-refractivity contribution is 5.99. The normalized spacial score (nSPS) is 16.9. The molecule has 180 valence electrons. The largest absolute Gasteiger partial charge is 0.478 e. The first-order valence-electron chi connectivity index (χ1n) is 10.1. The van der Waals surface area contributed by atoms with Crippen molar-refractivity contribution >= 4 is 17.9 Å². The lowest BCUT2D eigenvalue weighted by Crippen LogP contribution is -2.33. The predicted octanol–water partition coefficient (Wildman–Crippen LogP) is 4.50. The van der Waals surface area contributed by atoms with Gasteiger partial charge in [0.1, 0.15) is 0 Å². The zero-order valence-electron chi connectivity index (χ0n) is 18.9. The number of carboxylic acid groups (broad SMARTS) is 1. The van der Waals surface area contributed by atoms with Crippen LogP contribution in [0.2, 0.25) is 0 Å². The van der Waals surface area contributed by atoms with Gasteiger partial charge in [-0.05, 0) is 45.7 Å². The number of allylic oxidation sites excluding steroid dienone is 2. The summed E-state index contributed by atoms with van der Waals surface area (Å²) in [4.78, 5) is 37.0. The number of ether oxygens (including phenoxy) is 2. The smallest absolute Gasteiger partial charge is 0.416 e. The van der Waals surface area contributed by atoms with E-state index in [2.05, 4.69) is 5.32 Å². The Kier molecular flexibility index (Phi) is 7.61. The van der Waals surface area contributed by atoms with E-state index in [4.69, 9.17) is 9.47 Å². The highest BCUT2D eigenvalue weighted by Gasteiger charge is 2.42. The van der Waals surface area contributed by atoms with E-state index in [1.165, 1.54) is 26.0 Å². The molecule has 0 saturated carbocycles. The third-order valence-electron chi connectivity index (χ3n) is 5.60. The average molecular weight is 469 g/mol. The average Bonchev–Trinajstić information content (AvgIpc) is 2.71. The van der Waals surface area contributed by atoms with Crippen molar-refractivity contribution in [3.63, 3.8) is 0 Å². The monoisotopic (exact) mass is 469 g/mol. The zero-order valence-corrected chi connectivity index (χ0v) is 18.9. The van der Waals surface area contributed by atoms with Crippen LogP contribution < -0.4 is 5.32 Å². The lowest BCUT2D eigenvalue weighted by molar-refractivity contribution is -0.172. The number of aliphatic carboxylic acids is 1. The summed E-state index contributed by atoms with van der Waals surface area (Å²) in [6.07, 6.45) is -4.32. The molecular formula is C23H26F3NO6. The Morgan fingerprint density at radius 2 is 1.61 bits per heavy atom. The van der Waals surface area contributed by atoms with Crippen molar-refractivity contribution in [2.45, 2.75) is 53.1 Å². The predicted molar refractivity (Wildman–Crippen MR) is 111 cm³/mol. The van der Waals surface area contributed by atoms with Crippen molar-refractivity contribution in [3.8, 4) is 0 Å². The van der Waals surface area contributed by atoms with Gasteiger partial charge in [0.05, 0.1) is 28.0 Å². The molecule has 1 aliphatic rings. The second-order valence-electron chi connectivity index (χ2n) is 8.24. The Hall–Kier alpha value is -3.30. The maximum atomic E-state index is 13.7. The van der Waals surface area contributed by atoms with Crippen LogP contribution in [0.4, 0.5) is 13.2 Å². The summed E-state index contributed by atoms with van der Waals surface area (Å²) in [5.74, 6) is -4.77. The SMILES string of the molecule is CCC(C)(C)C(=O)OCOC(=O)C1=C(C)NC(C)=C(C(=O)O)C1c1ccccc1C(F)(F)F. The van der Waals surface area contributed by atoms with Gasteiger partial charge in [-0.3, -0.25) is 4.79 Å². The highest BCUT2D eigenvalue weighted by Crippen LogP contribution is 2.44. The number of carbonyl (C=O) groups is 3. The minimum absolute atomic E-state index is 0.0923. The summed E-state index contributed by atoms with van der Waals surface area (Å²) in [6.45, 7) is 7.12. The van der Waals surface area contributed by atoms with E-state index in [0.717, 1.165) is 12.1 Å². The number of hydrogen-bond donors (Lipinski definition) is 2. The van der Waals surface area contributed by atoms with Crippen LogP contribution in [0.25, 0.3) is 0 Å². The summed E-state index contributed by atoms with van der Waals surface area (Å²) in [6, 6.07) is 4.45. The third kappa shape index (κ3) is 5.55. The fourth-order valence-corrected chi connectivity index (χ4v) is 3.42. The molecule has 1 aromatic carbocycles. The number of halogens is 3. The van der Waals surface area contributed by atoms with Gasteiger partial charge >= 0.3 is 24.1 Å². The van der Waals surface area contributed by atoms with E-state index in [1.807, 2.05) is 0 Å². The number of alkyl halides is 3. The second kappa shape index (κ2) is 9.68. The van der Waals surface area contributed by atoms with Crippen LogP contribution in [0.5, 0.6) is 0 Å². The molecule has 2 N–H and O–H groups in total. The molecule has 7 nitrogen and oxygen atoms in total. The van der Waals surface area contributed by atoms with Crippen molar-refractivity contribution < 1.29 is 42.1 Å². The second-order valence-corrected chi connectivity index (χ2v) is 8.24. The number of carbonyl (C=O) groups excluding carboxylic acids is 2. The lowest BCUT2D eigenvalue weighted by atomic mass is 9.78. The summed E-state index contributed by atoms with van der Waals surface area (Å²) in [7, 11) is 0. The van der Waals surface area contributed by atoms with E-state index in [9.17, 15) is 32.7 Å². The van der Waals surface area contributed by atoms with Crippen LogP contribution in [0.1, 0.15) is 58.1 Å². The van der Waals surface area contributed by atoms with E-state index in [1.54, 1.807) is 20.8 Å². The number of carboxylic acids is 1. The van der Waals surface area contributed by atoms with Gasteiger partial charge in [0.25, 0.3) is 0 Å². The Morgan fingerprint density at radius 1 is 1.03 bits per heavy atom. The van der Waals surface area contributed by atoms with Gasteiger partial charge < -0.3 is 19.9 Å². The first-order valence-corrected chi connectivity index (χ1v) is 10.1. The van der Waals surface area contributed by atoms with Crippen molar-refractivity contribution in [3.05, 3.63) is 57.9 Å². The summed E-state index contributed by atoms with van der Waals surface area (Å²) >= 11 is 0. The van der Waals surface area contributed by atoms with Crippen molar-refractivity contribution in [2.75, 3.05) is 6.79 Å². The van der Waals surface area contributed by atoms with Crippen molar-refractivity contribution in [1.82, 2.24) is 5.32 Å². The van der Waals surface area contributed by atoms with Crippen LogP contribution in [0.3, 0.4) is 0 Å². The summed E-state index contributed by atoms with van der Waals surface area (Å²) < 4.78 is 51.2. The quantitative estimate of drug-likeness (QED) is 0.448. The van der Waals surface area contributed by atoms with Gasteiger partial charge in [-0.2, -0.15) is 13.2 Å². The fraction of sp³-hybridized carbons (Fsp3) is 0.435. The van der Waals surface area contributed by atoms with E-state index in [0.29, 0.717) is 6.42 Å². The molecule has 0 saturated heterocycles. The van der Waals surface area contributed by atoms with Gasteiger partial charge in [0, 0.05) is 11.4 Å². The number of hydrogen-bond acceptors (Lipinski definition) is 6. The van der Waals surface area contributed by atoms with Crippen LogP contribution in [0.15, 0.2) is 46.8 Å². The van der Waals surface area contributed by atoms with Crippen molar-refractivity contribution in [1.29, 1.82) is 0 Å². The van der Waals surface area contributed by atoms with Gasteiger partial charge in [-0.25, -0.2) is 9.59 Å². The minimum Gasteiger partial charge on any atom is -0.478 e. The molecule has 0 aliphatic carbocycles. The molecule has 2 rings (SSSR count). The Labute approximate surface area is 189 Å². The zero-order chi connectivity index (χ0) is 25.1. The van der Waals surface area contributed by atoms with Gasteiger partial charge in [0.15, 0.2) is 0 Å². The van der Waals surface area contributed by atoms with Gasteiger partial charge in [0.2, 0.25) is 6.79 Å². The molecule has 0 bridgehead atoms. The number of rotatable bonds is 7. The third-order valence-corrected chi connectivity index (χ3v) is 5.60. The molecule has 1 unspecified atom stereocenters. The Bertz CT molecular complexity index is 1020. The Balaban J connectivity index is 2.48. The minimum atomic E-state index is -4.79. The molecule has 0 radical (unpaired) electrons. The Morgan fingerprint density at radius 3 is 2.15 bits per heavy atom. The first-order chi connectivity index (χ1) is 15.2. The van der Waals surface area contributed by atoms with Crippen LogP contribution >= 0.6 is 0 Å². The molecule has 0 amide bonds. The highest BCUT2D eigenvalue weighted by atomic mass is 19.4. The summed E-state index contributed by atoms with van der Waals surface area (Å²) in [5.41, 5.74) is -2.82. The standard InChI is InChI=1S/C23H26F3NO6/c1-6-22(4,5)21(31)33-11-32-20(30)17-13(3)27-12(2)16(19(28)29)18(17)14-9-7-8-10-15(14)23(24,25)26/h7-10,18,27H,6,11H2,1-5H3,(H,28,29). The molecule has 1 atom stereocenters. The van der Waals surface area contributed by atoms with Crippen LogP contribution in [0, 0.1) is 5.41 Å². The number of benzene rings is 1. The maximum Gasteiger partial charge on any atom is 0.416 e. The molecule has 1 aliphatic heterocycles. The first kappa shape index (κ1) is 26.0. The number of esters is 2. The van der Waals surface area contributed by atoms with Gasteiger partial charge in [-0.1, -0.05) is 25.1 Å². The van der Waals surface area contributed by atoms with Crippen LogP contribution in [-0.4, -0.2) is 29.8 Å². The molecule has 0 aromatic heterocycles. The van der Waals surface area contributed by atoms with Crippen LogP contribution in [-0.2, 0) is 30.0 Å². The maximum absolute atomic E-state index is 13.7. The van der Waals surface area contributed by atoms with E-state index in [-0.39, 0.29) is 17.0 Å². The number of dihydropyridines is 1. The van der Waals surface area contributed by atoms with Gasteiger partial charge in [-0.15, -0.1) is 0 Å². The number of nitrogens with one attached hydrogen (secondary N) is 1.